The van der Waals surface area contributed by atoms with Gasteiger partial charge in [0.15, 0.2) is 11.6 Å². The van der Waals surface area contributed by atoms with Crippen molar-refractivity contribution < 1.29 is 27.4 Å². The molecular weight excluding hydrogens is 531 g/mol. The van der Waals surface area contributed by atoms with Gasteiger partial charge in [0.2, 0.25) is 21.9 Å². The summed E-state index contributed by atoms with van der Waals surface area (Å²) >= 11 is 0. The number of anilines is 2. The second kappa shape index (κ2) is 10.8. The summed E-state index contributed by atoms with van der Waals surface area (Å²) in [5.74, 6) is 0.406. The third-order valence-corrected chi connectivity index (χ3v) is 7.85. The summed E-state index contributed by atoms with van der Waals surface area (Å²) in [5, 5.41) is 17.8. The van der Waals surface area contributed by atoms with Crippen molar-refractivity contribution in [3.8, 4) is 28.6 Å². The van der Waals surface area contributed by atoms with E-state index in [-0.39, 0.29) is 37.2 Å². The molecule has 0 bridgehead atoms. The first-order chi connectivity index (χ1) is 18.8. The van der Waals surface area contributed by atoms with Crippen LogP contribution in [0.15, 0.2) is 55.1 Å². The number of sulfonamides is 1. The minimum Gasteiger partial charge on any atom is -0.494 e. The first kappa shape index (κ1) is 26.2. The van der Waals surface area contributed by atoms with Crippen LogP contribution in [0.5, 0.6) is 11.5 Å². The summed E-state index contributed by atoms with van der Waals surface area (Å²) in [6.07, 6.45) is 4.09. The Balaban J connectivity index is 1.55. The zero-order valence-electron chi connectivity index (χ0n) is 21.0. The molecule has 5 rings (SSSR count). The van der Waals surface area contributed by atoms with Gasteiger partial charge in [-0.15, -0.1) is 10.2 Å². The highest BCUT2D eigenvalue weighted by Crippen LogP contribution is 2.38. The molecule has 1 aromatic carbocycles. The molecule has 3 aromatic heterocycles. The highest BCUT2D eigenvalue weighted by Gasteiger charge is 2.37. The molecule has 0 amide bonds. The number of β-amino-alcohol motifs (C(OH)–C–C–N with tert-alkyl or cyclic N) is 1. The normalized spacial score (nSPS) is 17.6. The van der Waals surface area contributed by atoms with E-state index in [1.807, 2.05) is 0 Å². The number of methoxy groups -OCH3 is 2. The number of halogens is 1. The number of pyridine rings is 1. The number of aliphatic hydroxyl groups excluding tert-OH is 1. The van der Waals surface area contributed by atoms with Gasteiger partial charge in [-0.2, -0.15) is 0 Å². The molecule has 4 heterocycles. The van der Waals surface area contributed by atoms with E-state index < -0.39 is 27.2 Å². The summed E-state index contributed by atoms with van der Waals surface area (Å²) in [7, 11) is -1.20. The Morgan fingerprint density at radius 1 is 1.03 bits per heavy atom. The van der Waals surface area contributed by atoms with Gasteiger partial charge >= 0.3 is 0 Å². The Labute approximate surface area is 223 Å². The number of hydrogen-bond donors (Lipinski definition) is 2. The summed E-state index contributed by atoms with van der Waals surface area (Å²) < 4.78 is 55.8. The van der Waals surface area contributed by atoms with Crippen LogP contribution in [0.3, 0.4) is 0 Å². The van der Waals surface area contributed by atoms with E-state index in [2.05, 4.69) is 29.9 Å². The fourth-order valence-electron chi connectivity index (χ4n) is 4.39. The molecule has 0 aliphatic carbocycles. The standard InChI is InChI=1S/C24H25FN8O5S/c1-37-19-6-3-7-20(38-2)21(19)33-22(15-5-4-8-26-10-15)29-30-24(33)31-39(35,36)18-9-17(34)13-32(14-18)23-27-11-16(25)12-28-23/h3-8,10-12,17-18,34H,9,13-14H2,1-2H3,(H,30,31)/t17-,18+/m0/s1. The van der Waals surface area contributed by atoms with Gasteiger partial charge in [0.05, 0.1) is 32.7 Å². The lowest BCUT2D eigenvalue weighted by molar-refractivity contribution is 0.154. The number of rotatable bonds is 8. The van der Waals surface area contributed by atoms with Gasteiger partial charge in [0.25, 0.3) is 0 Å². The van der Waals surface area contributed by atoms with E-state index in [0.717, 1.165) is 12.4 Å². The maximum Gasteiger partial charge on any atom is 0.243 e. The predicted molar refractivity (Wildman–Crippen MR) is 139 cm³/mol. The molecule has 0 radical (unpaired) electrons. The molecule has 204 valence electrons. The van der Waals surface area contributed by atoms with Crippen LogP contribution in [-0.2, 0) is 10.0 Å². The number of ether oxygens (including phenoxy) is 2. The average molecular weight is 557 g/mol. The second-order valence-corrected chi connectivity index (χ2v) is 10.7. The third-order valence-electron chi connectivity index (χ3n) is 6.16. The van der Waals surface area contributed by atoms with Crippen LogP contribution in [0, 0.1) is 5.82 Å². The Bertz CT molecular complexity index is 1530. The topological polar surface area (TPSA) is 157 Å². The number of para-hydroxylation sites is 1. The number of nitrogens with one attached hydrogen (secondary N) is 1. The van der Waals surface area contributed by atoms with Crippen molar-refractivity contribution in [2.75, 3.05) is 36.9 Å². The second-order valence-electron chi connectivity index (χ2n) is 8.70. The van der Waals surface area contributed by atoms with Crippen LogP contribution in [0.25, 0.3) is 17.1 Å². The van der Waals surface area contributed by atoms with Gasteiger partial charge in [-0.3, -0.25) is 14.3 Å². The smallest absolute Gasteiger partial charge is 0.243 e. The number of nitrogens with zero attached hydrogens (tertiary/aromatic N) is 7. The molecule has 2 N–H and O–H groups in total. The molecule has 13 nitrogen and oxygen atoms in total. The maximum atomic E-state index is 13.7. The highest BCUT2D eigenvalue weighted by atomic mass is 32.2. The number of benzene rings is 1. The zero-order chi connectivity index (χ0) is 27.6. The van der Waals surface area contributed by atoms with Crippen LogP contribution in [0.4, 0.5) is 16.3 Å². The van der Waals surface area contributed by atoms with Crippen LogP contribution in [-0.4, -0.2) is 81.9 Å². The summed E-state index contributed by atoms with van der Waals surface area (Å²) in [6, 6.07) is 8.59. The van der Waals surface area contributed by atoms with Gasteiger partial charge in [0, 0.05) is 31.0 Å². The van der Waals surface area contributed by atoms with Gasteiger partial charge in [0.1, 0.15) is 22.4 Å². The van der Waals surface area contributed by atoms with Crippen molar-refractivity contribution in [1.29, 1.82) is 0 Å². The molecule has 1 fully saturated rings. The van der Waals surface area contributed by atoms with E-state index in [0.29, 0.717) is 22.7 Å². The van der Waals surface area contributed by atoms with Crippen molar-refractivity contribution in [3.63, 3.8) is 0 Å². The maximum absolute atomic E-state index is 13.7. The first-order valence-electron chi connectivity index (χ1n) is 11.8. The molecule has 2 atom stereocenters. The van der Waals surface area contributed by atoms with Gasteiger partial charge in [-0.1, -0.05) is 6.07 Å². The lowest BCUT2D eigenvalue weighted by Crippen LogP contribution is -2.50. The lowest BCUT2D eigenvalue weighted by Gasteiger charge is -2.35. The molecule has 1 aliphatic heterocycles. The van der Waals surface area contributed by atoms with E-state index in [9.17, 15) is 17.9 Å². The summed E-state index contributed by atoms with van der Waals surface area (Å²) in [4.78, 5) is 13.5. The van der Waals surface area contributed by atoms with Gasteiger partial charge in [-0.25, -0.2) is 22.8 Å². The third kappa shape index (κ3) is 5.31. The largest absolute Gasteiger partial charge is 0.494 e. The lowest BCUT2D eigenvalue weighted by atomic mass is 10.1. The minimum atomic E-state index is -4.16. The highest BCUT2D eigenvalue weighted by molar-refractivity contribution is 7.93. The Morgan fingerprint density at radius 3 is 2.38 bits per heavy atom. The predicted octanol–water partition coefficient (Wildman–Crippen LogP) is 1.66. The molecule has 15 heteroatoms. The van der Waals surface area contributed by atoms with Crippen molar-refractivity contribution >= 4 is 21.9 Å². The fourth-order valence-corrected chi connectivity index (χ4v) is 5.80. The number of piperidine rings is 1. The number of aliphatic hydroxyl groups is 1. The number of aromatic nitrogens is 6. The fraction of sp³-hybridized carbons (Fsp3) is 0.292. The Morgan fingerprint density at radius 2 is 1.74 bits per heavy atom. The average Bonchev–Trinajstić information content (AvgIpc) is 3.35. The molecule has 4 aromatic rings. The number of hydrogen-bond acceptors (Lipinski definition) is 11. The summed E-state index contributed by atoms with van der Waals surface area (Å²) in [5.41, 5.74) is 0.935. The van der Waals surface area contributed by atoms with E-state index in [1.165, 1.54) is 23.7 Å². The van der Waals surface area contributed by atoms with Crippen molar-refractivity contribution in [1.82, 2.24) is 29.7 Å². The molecule has 0 unspecified atom stereocenters. The van der Waals surface area contributed by atoms with Crippen LogP contribution in [0.2, 0.25) is 0 Å². The van der Waals surface area contributed by atoms with Crippen molar-refractivity contribution in [2.24, 2.45) is 0 Å². The van der Waals surface area contributed by atoms with E-state index >= 15 is 0 Å². The Kier molecular flexibility index (Phi) is 7.26. The van der Waals surface area contributed by atoms with Gasteiger partial charge < -0.3 is 19.5 Å². The summed E-state index contributed by atoms with van der Waals surface area (Å²) in [6.45, 7) is 0.0526. The SMILES string of the molecule is COc1cccc(OC)c1-n1c(NS(=O)(=O)[C@@H]2C[C@H](O)CN(c3ncc(F)cn3)C2)nnc1-c1cccnc1. The molecule has 39 heavy (non-hydrogen) atoms. The van der Waals surface area contributed by atoms with E-state index in [1.54, 1.807) is 42.7 Å². The first-order valence-corrected chi connectivity index (χ1v) is 13.3. The molecular formula is C24H25FN8O5S. The van der Waals surface area contributed by atoms with Crippen LogP contribution in [0.1, 0.15) is 6.42 Å². The van der Waals surface area contributed by atoms with Gasteiger partial charge in [-0.05, 0) is 30.7 Å². The molecule has 1 aliphatic rings. The van der Waals surface area contributed by atoms with E-state index in [4.69, 9.17) is 9.47 Å². The van der Waals surface area contributed by atoms with Crippen molar-refractivity contribution in [3.05, 3.63) is 60.9 Å². The zero-order valence-corrected chi connectivity index (χ0v) is 21.8. The van der Waals surface area contributed by atoms with Crippen molar-refractivity contribution in [2.45, 2.75) is 17.8 Å². The molecule has 1 saturated heterocycles. The molecule has 0 saturated carbocycles. The Hall–Kier alpha value is -4.37. The molecule has 0 spiro atoms. The van der Waals surface area contributed by atoms with Crippen LogP contribution >= 0.6 is 0 Å². The monoisotopic (exact) mass is 556 g/mol. The quantitative estimate of drug-likeness (QED) is 0.325. The van der Waals surface area contributed by atoms with Crippen LogP contribution < -0.4 is 19.1 Å². The minimum absolute atomic E-state index is 0.0421.